The number of hydrogen-bond donors (Lipinski definition) is 2. The lowest BCUT2D eigenvalue weighted by Crippen LogP contribution is -2.00. The number of benzene rings is 2. The highest BCUT2D eigenvalue weighted by Gasteiger charge is 2.17. The first-order chi connectivity index (χ1) is 13.6. The Hall–Kier alpha value is -2.17. The fourth-order valence-electron chi connectivity index (χ4n) is 3.59. The number of halogens is 1. The van der Waals surface area contributed by atoms with Crippen LogP contribution in [0, 0.1) is 6.92 Å². The van der Waals surface area contributed by atoms with Crippen molar-refractivity contribution in [2.75, 3.05) is 19.8 Å². The minimum Gasteiger partial charge on any atom is -0.490 e. The maximum atomic E-state index is 6.37. The lowest BCUT2D eigenvalue weighted by atomic mass is 9.99. The Kier molecular flexibility index (Phi) is 6.87. The Morgan fingerprint density at radius 2 is 1.75 bits per heavy atom. The fourth-order valence-corrected chi connectivity index (χ4v) is 3.75. The number of hydrogen-bond acceptors (Lipinski definition) is 3. The third-order valence-corrected chi connectivity index (χ3v) is 5.40. The van der Waals surface area contributed by atoms with Gasteiger partial charge >= 0.3 is 0 Å². The molecule has 0 aliphatic rings. The maximum absolute atomic E-state index is 6.37. The van der Waals surface area contributed by atoms with Crippen molar-refractivity contribution in [2.24, 2.45) is 5.73 Å². The molecule has 1 aromatic heterocycles. The van der Waals surface area contributed by atoms with Crippen LogP contribution in [0.1, 0.15) is 37.8 Å². The van der Waals surface area contributed by atoms with Crippen molar-refractivity contribution in [2.45, 2.75) is 40.0 Å². The van der Waals surface area contributed by atoms with Gasteiger partial charge in [-0.2, -0.15) is 0 Å². The van der Waals surface area contributed by atoms with E-state index in [0.29, 0.717) is 19.8 Å². The molecule has 28 heavy (non-hydrogen) atoms. The van der Waals surface area contributed by atoms with Gasteiger partial charge in [-0.05, 0) is 82.0 Å². The molecule has 3 aromatic rings. The molecule has 0 fully saturated rings. The minimum absolute atomic E-state index is 0.592. The van der Waals surface area contributed by atoms with E-state index in [1.54, 1.807) is 0 Å². The Bertz CT molecular complexity index is 949. The molecule has 3 N–H and O–H groups in total. The summed E-state index contributed by atoms with van der Waals surface area (Å²) < 4.78 is 11.5. The first-order valence-corrected chi connectivity index (χ1v) is 10.4. The molecule has 0 aliphatic carbocycles. The Balaban J connectivity index is 2.14. The van der Waals surface area contributed by atoms with Crippen LogP contribution in [0.3, 0.4) is 0 Å². The first-order valence-electron chi connectivity index (χ1n) is 10.00. The molecule has 2 aromatic carbocycles. The van der Waals surface area contributed by atoms with Crippen molar-refractivity contribution >= 4 is 22.5 Å². The number of nitrogens with two attached hydrogens (primary N) is 1. The highest BCUT2D eigenvalue weighted by molar-refractivity contribution is 6.32. The third kappa shape index (κ3) is 4.13. The fraction of sp³-hybridized carbons (Fsp3) is 0.391. The molecule has 3 rings (SSSR count). The van der Waals surface area contributed by atoms with Crippen molar-refractivity contribution < 1.29 is 9.47 Å². The second-order valence-electron chi connectivity index (χ2n) is 6.85. The smallest absolute Gasteiger partial charge is 0.161 e. The highest BCUT2D eigenvalue weighted by atomic mass is 35.5. The number of H-pyrrole nitrogens is 1. The summed E-state index contributed by atoms with van der Waals surface area (Å²) in [5.74, 6) is 1.54. The number of aromatic amines is 1. The topological polar surface area (TPSA) is 60.3 Å². The van der Waals surface area contributed by atoms with Gasteiger partial charge in [0.2, 0.25) is 0 Å². The average Bonchev–Trinajstić information content (AvgIpc) is 3.06. The number of fused-ring (bicyclic) bond motifs is 1. The van der Waals surface area contributed by atoms with Gasteiger partial charge < -0.3 is 20.2 Å². The Morgan fingerprint density at radius 1 is 1.00 bits per heavy atom. The summed E-state index contributed by atoms with van der Waals surface area (Å²) in [5.41, 5.74) is 11.4. The van der Waals surface area contributed by atoms with Crippen LogP contribution < -0.4 is 15.2 Å². The summed E-state index contributed by atoms with van der Waals surface area (Å²) in [6.45, 7) is 7.92. The zero-order valence-corrected chi connectivity index (χ0v) is 17.7. The predicted octanol–water partition coefficient (Wildman–Crippen LogP) is 5.88. The molecular formula is C23H29ClN2O2. The molecule has 0 spiro atoms. The monoisotopic (exact) mass is 400 g/mol. The van der Waals surface area contributed by atoms with Crippen LogP contribution in [-0.4, -0.2) is 24.7 Å². The molecule has 0 unspecified atom stereocenters. The van der Waals surface area contributed by atoms with Crippen molar-refractivity contribution in [1.29, 1.82) is 0 Å². The first kappa shape index (κ1) is 20.6. The van der Waals surface area contributed by atoms with Crippen molar-refractivity contribution in [3.63, 3.8) is 0 Å². The molecule has 5 heteroatoms. The zero-order chi connectivity index (χ0) is 20.1. The third-order valence-electron chi connectivity index (χ3n) is 4.99. The molecule has 0 radical (unpaired) electrons. The van der Waals surface area contributed by atoms with Crippen LogP contribution in [0.4, 0.5) is 0 Å². The van der Waals surface area contributed by atoms with E-state index >= 15 is 0 Å². The van der Waals surface area contributed by atoms with E-state index in [2.05, 4.69) is 30.1 Å². The molecule has 0 saturated heterocycles. The second-order valence-corrected chi connectivity index (χ2v) is 7.25. The van der Waals surface area contributed by atoms with Crippen LogP contribution in [-0.2, 0) is 6.42 Å². The van der Waals surface area contributed by atoms with Gasteiger partial charge in [0, 0.05) is 21.7 Å². The minimum atomic E-state index is 0.592. The van der Waals surface area contributed by atoms with Gasteiger partial charge in [-0.15, -0.1) is 0 Å². The van der Waals surface area contributed by atoms with Crippen LogP contribution in [0.15, 0.2) is 30.3 Å². The number of nitrogens with one attached hydrogen (secondary N) is 1. The van der Waals surface area contributed by atoms with Crippen LogP contribution >= 0.6 is 11.6 Å². The summed E-state index contributed by atoms with van der Waals surface area (Å²) in [5, 5.41) is 2.00. The molecule has 0 atom stereocenters. The highest BCUT2D eigenvalue weighted by Crippen LogP contribution is 2.38. The molecule has 0 aliphatic heterocycles. The summed E-state index contributed by atoms with van der Waals surface area (Å²) in [6.07, 6.45) is 3.02. The SMILES string of the molecule is CCOc1ccc(-c2[nH]c3c(C)c(Cl)ccc3c2CCCCN)cc1OCC. The second kappa shape index (κ2) is 9.35. The van der Waals surface area contributed by atoms with Crippen molar-refractivity contribution in [3.05, 3.63) is 46.5 Å². The largest absolute Gasteiger partial charge is 0.490 e. The van der Waals surface area contributed by atoms with E-state index in [9.17, 15) is 0 Å². The van der Waals surface area contributed by atoms with Crippen molar-refractivity contribution in [3.8, 4) is 22.8 Å². The summed E-state index contributed by atoms with van der Waals surface area (Å²) in [6, 6.07) is 10.2. The number of rotatable bonds is 9. The molecule has 0 bridgehead atoms. The quantitative estimate of drug-likeness (QED) is 0.441. The van der Waals surface area contributed by atoms with E-state index < -0.39 is 0 Å². The lowest BCUT2D eigenvalue weighted by molar-refractivity contribution is 0.288. The van der Waals surface area contributed by atoms with Gasteiger partial charge in [0.05, 0.1) is 18.7 Å². The van der Waals surface area contributed by atoms with Crippen LogP contribution in [0.2, 0.25) is 5.02 Å². The number of aryl methyl sites for hydroxylation is 2. The summed E-state index contributed by atoms with van der Waals surface area (Å²) in [7, 11) is 0. The van der Waals surface area contributed by atoms with Gasteiger partial charge in [-0.1, -0.05) is 17.7 Å². The van der Waals surface area contributed by atoms with Crippen LogP contribution in [0.25, 0.3) is 22.2 Å². The Labute approximate surface area is 172 Å². The van der Waals surface area contributed by atoms with Gasteiger partial charge in [0.15, 0.2) is 11.5 Å². The van der Waals surface area contributed by atoms with Gasteiger partial charge in [0.1, 0.15) is 0 Å². The van der Waals surface area contributed by atoms with E-state index in [-0.39, 0.29) is 0 Å². The molecule has 0 amide bonds. The van der Waals surface area contributed by atoms with Crippen molar-refractivity contribution in [1.82, 2.24) is 4.98 Å². The van der Waals surface area contributed by atoms with Gasteiger partial charge in [0.25, 0.3) is 0 Å². The summed E-state index contributed by atoms with van der Waals surface area (Å²) >= 11 is 6.37. The number of unbranched alkanes of at least 4 members (excludes halogenated alkanes) is 1. The van der Waals surface area contributed by atoms with E-state index in [1.165, 1.54) is 10.9 Å². The maximum Gasteiger partial charge on any atom is 0.161 e. The molecule has 1 heterocycles. The van der Waals surface area contributed by atoms with Gasteiger partial charge in [-0.25, -0.2) is 0 Å². The normalized spacial score (nSPS) is 11.2. The molecular weight excluding hydrogens is 372 g/mol. The average molecular weight is 401 g/mol. The van der Waals surface area contributed by atoms with E-state index in [0.717, 1.165) is 58.1 Å². The zero-order valence-electron chi connectivity index (χ0n) is 16.9. The van der Waals surface area contributed by atoms with Gasteiger partial charge in [-0.3, -0.25) is 0 Å². The van der Waals surface area contributed by atoms with Crippen LogP contribution in [0.5, 0.6) is 11.5 Å². The molecule has 0 saturated carbocycles. The number of ether oxygens (including phenoxy) is 2. The lowest BCUT2D eigenvalue weighted by Gasteiger charge is -2.13. The van der Waals surface area contributed by atoms with E-state index in [1.807, 2.05) is 26.0 Å². The number of aromatic nitrogens is 1. The summed E-state index contributed by atoms with van der Waals surface area (Å²) in [4.78, 5) is 3.63. The van der Waals surface area contributed by atoms with E-state index in [4.69, 9.17) is 26.8 Å². The standard InChI is InChI=1S/C23H29ClN2O2/c1-4-27-20-12-9-16(14-21(20)28-5-2)23-17(8-6-7-13-25)18-10-11-19(24)15(3)22(18)26-23/h9-12,14,26H,4-8,13,25H2,1-3H3. The Morgan fingerprint density at radius 3 is 2.46 bits per heavy atom. The molecule has 150 valence electrons. The predicted molar refractivity (Wildman–Crippen MR) is 118 cm³/mol. The molecule has 4 nitrogen and oxygen atoms in total.